The minimum Gasteiger partial charge on any atom is -0.394 e. The van der Waals surface area contributed by atoms with Crippen LogP contribution in [0.5, 0.6) is 0 Å². The first-order chi connectivity index (χ1) is 9.54. The summed E-state index contributed by atoms with van der Waals surface area (Å²) in [5.41, 5.74) is 0.899. The third-order valence-corrected chi connectivity index (χ3v) is 4.07. The molecule has 0 aliphatic carbocycles. The molecule has 20 heavy (non-hydrogen) atoms. The highest BCUT2D eigenvalue weighted by molar-refractivity contribution is 5.90. The second kappa shape index (κ2) is 6.22. The Morgan fingerprint density at radius 1 is 1.55 bits per heavy atom. The Bertz CT molecular complexity index is 493. The van der Waals surface area contributed by atoms with E-state index in [1.54, 1.807) is 24.0 Å². The standard InChI is InChI=1S/C15H21FN2O2/c1-10-5-4-8-18(14(10)9-19)15(20)17-13-7-3-6-12(16)11(13)2/h3,6-7,10,14,19H,4-5,8-9H2,1-2H3,(H,17,20). The summed E-state index contributed by atoms with van der Waals surface area (Å²) in [5, 5.41) is 12.2. The maximum absolute atomic E-state index is 13.5. The molecular formula is C15H21FN2O2. The largest absolute Gasteiger partial charge is 0.394 e. The van der Waals surface area contributed by atoms with Crippen molar-refractivity contribution in [3.63, 3.8) is 0 Å². The van der Waals surface area contributed by atoms with Gasteiger partial charge >= 0.3 is 6.03 Å². The first-order valence-electron chi connectivity index (χ1n) is 6.98. The Kier molecular flexibility index (Phi) is 4.60. The molecule has 0 aromatic heterocycles. The number of anilines is 1. The number of piperidine rings is 1. The van der Waals surface area contributed by atoms with Crippen molar-refractivity contribution in [2.75, 3.05) is 18.5 Å². The number of nitrogens with one attached hydrogen (secondary N) is 1. The van der Waals surface area contributed by atoms with Crippen LogP contribution in [0.2, 0.25) is 0 Å². The van der Waals surface area contributed by atoms with E-state index in [2.05, 4.69) is 5.32 Å². The van der Waals surface area contributed by atoms with Crippen LogP contribution in [0.15, 0.2) is 18.2 Å². The molecule has 1 saturated heterocycles. The summed E-state index contributed by atoms with van der Waals surface area (Å²) in [7, 11) is 0. The number of halogens is 1. The molecule has 1 aromatic rings. The summed E-state index contributed by atoms with van der Waals surface area (Å²) < 4.78 is 13.5. The van der Waals surface area contributed by atoms with E-state index in [0.29, 0.717) is 17.8 Å². The summed E-state index contributed by atoms with van der Waals surface area (Å²) in [6, 6.07) is 4.17. The lowest BCUT2D eigenvalue weighted by Gasteiger charge is -2.39. The van der Waals surface area contributed by atoms with E-state index in [9.17, 15) is 14.3 Å². The van der Waals surface area contributed by atoms with Gasteiger partial charge in [0.25, 0.3) is 0 Å². The van der Waals surface area contributed by atoms with Crippen LogP contribution in [-0.2, 0) is 0 Å². The van der Waals surface area contributed by atoms with E-state index in [4.69, 9.17) is 0 Å². The second-order valence-electron chi connectivity index (χ2n) is 5.41. The number of aliphatic hydroxyl groups excluding tert-OH is 1. The number of aliphatic hydroxyl groups is 1. The van der Waals surface area contributed by atoms with Gasteiger partial charge in [0.15, 0.2) is 0 Å². The zero-order valence-electron chi connectivity index (χ0n) is 11.9. The number of hydrogen-bond acceptors (Lipinski definition) is 2. The first-order valence-corrected chi connectivity index (χ1v) is 6.98. The van der Waals surface area contributed by atoms with E-state index in [1.807, 2.05) is 6.92 Å². The van der Waals surface area contributed by atoms with Crippen LogP contribution in [0, 0.1) is 18.7 Å². The lowest BCUT2D eigenvalue weighted by molar-refractivity contribution is 0.0811. The zero-order chi connectivity index (χ0) is 14.7. The van der Waals surface area contributed by atoms with Crippen molar-refractivity contribution >= 4 is 11.7 Å². The van der Waals surface area contributed by atoms with Gasteiger partial charge in [-0.25, -0.2) is 9.18 Å². The molecule has 1 heterocycles. The van der Waals surface area contributed by atoms with Gasteiger partial charge in [-0.05, 0) is 37.8 Å². The highest BCUT2D eigenvalue weighted by atomic mass is 19.1. The smallest absolute Gasteiger partial charge is 0.322 e. The Labute approximate surface area is 118 Å². The summed E-state index contributed by atoms with van der Waals surface area (Å²) >= 11 is 0. The molecule has 2 N–H and O–H groups in total. The van der Waals surface area contributed by atoms with Crippen molar-refractivity contribution < 1.29 is 14.3 Å². The molecule has 1 fully saturated rings. The molecule has 0 saturated carbocycles. The molecule has 2 rings (SSSR count). The lowest BCUT2D eigenvalue weighted by atomic mass is 9.91. The Morgan fingerprint density at radius 2 is 2.30 bits per heavy atom. The zero-order valence-corrected chi connectivity index (χ0v) is 11.9. The van der Waals surface area contributed by atoms with E-state index < -0.39 is 0 Å². The van der Waals surface area contributed by atoms with E-state index in [1.165, 1.54) is 6.07 Å². The molecule has 1 aromatic carbocycles. The average molecular weight is 280 g/mol. The predicted molar refractivity (Wildman–Crippen MR) is 76.1 cm³/mol. The molecule has 4 nitrogen and oxygen atoms in total. The van der Waals surface area contributed by atoms with Crippen LogP contribution in [0.1, 0.15) is 25.3 Å². The van der Waals surface area contributed by atoms with Crippen molar-refractivity contribution in [2.45, 2.75) is 32.7 Å². The number of likely N-dealkylation sites (tertiary alicyclic amines) is 1. The minimum absolute atomic E-state index is 0.0449. The van der Waals surface area contributed by atoms with Crippen molar-refractivity contribution in [2.24, 2.45) is 5.92 Å². The fourth-order valence-corrected chi connectivity index (χ4v) is 2.71. The average Bonchev–Trinajstić information content (AvgIpc) is 2.43. The molecule has 1 aliphatic rings. The van der Waals surface area contributed by atoms with E-state index >= 15 is 0 Å². The number of amides is 2. The number of rotatable bonds is 2. The van der Waals surface area contributed by atoms with Crippen molar-refractivity contribution in [1.82, 2.24) is 4.90 Å². The van der Waals surface area contributed by atoms with Gasteiger partial charge < -0.3 is 15.3 Å². The number of carbonyl (C=O) groups is 1. The summed E-state index contributed by atoms with van der Waals surface area (Å²) in [6.07, 6.45) is 1.93. The SMILES string of the molecule is Cc1c(F)cccc1NC(=O)N1CCCC(C)C1CO. The molecule has 0 spiro atoms. The Hall–Kier alpha value is -1.62. The minimum atomic E-state index is -0.339. The monoisotopic (exact) mass is 280 g/mol. The normalized spacial score (nSPS) is 22.7. The van der Waals surface area contributed by atoms with E-state index in [-0.39, 0.29) is 30.4 Å². The van der Waals surface area contributed by atoms with E-state index in [0.717, 1.165) is 12.8 Å². The molecular weight excluding hydrogens is 259 g/mol. The number of urea groups is 1. The van der Waals surface area contributed by atoms with Crippen molar-refractivity contribution in [3.05, 3.63) is 29.6 Å². The third kappa shape index (κ3) is 2.93. The molecule has 0 bridgehead atoms. The molecule has 5 heteroatoms. The fourth-order valence-electron chi connectivity index (χ4n) is 2.71. The highest BCUT2D eigenvalue weighted by Gasteiger charge is 2.31. The van der Waals surface area contributed by atoms with Crippen LogP contribution in [0.4, 0.5) is 14.9 Å². The number of nitrogens with zero attached hydrogens (tertiary/aromatic N) is 1. The van der Waals surface area contributed by atoms with Gasteiger partial charge in [0.1, 0.15) is 5.82 Å². The Balaban J connectivity index is 2.12. The van der Waals surface area contributed by atoms with Gasteiger partial charge in [-0.3, -0.25) is 0 Å². The van der Waals surface area contributed by atoms with Gasteiger partial charge in [0.2, 0.25) is 0 Å². The summed E-state index contributed by atoms with van der Waals surface area (Å²) in [5.74, 6) is -0.0679. The van der Waals surface area contributed by atoms with Crippen molar-refractivity contribution in [1.29, 1.82) is 0 Å². The first kappa shape index (κ1) is 14.8. The molecule has 2 unspecified atom stereocenters. The van der Waals surface area contributed by atoms with Gasteiger partial charge in [0, 0.05) is 17.8 Å². The Morgan fingerprint density at radius 3 is 3.00 bits per heavy atom. The summed E-state index contributed by atoms with van der Waals surface area (Å²) in [4.78, 5) is 14.0. The third-order valence-electron chi connectivity index (χ3n) is 4.07. The molecule has 110 valence electrons. The summed E-state index contributed by atoms with van der Waals surface area (Å²) in [6.45, 7) is 4.24. The van der Waals surface area contributed by atoms with Gasteiger partial charge in [-0.1, -0.05) is 13.0 Å². The van der Waals surface area contributed by atoms with Gasteiger partial charge in [-0.15, -0.1) is 0 Å². The van der Waals surface area contributed by atoms with Crippen LogP contribution in [0.3, 0.4) is 0 Å². The molecule has 1 aliphatic heterocycles. The predicted octanol–water partition coefficient (Wildman–Crippen LogP) is 2.76. The van der Waals surface area contributed by atoms with Gasteiger partial charge in [0.05, 0.1) is 12.6 Å². The number of benzene rings is 1. The van der Waals surface area contributed by atoms with Crippen LogP contribution in [-0.4, -0.2) is 35.2 Å². The topological polar surface area (TPSA) is 52.6 Å². The van der Waals surface area contributed by atoms with Crippen LogP contribution < -0.4 is 5.32 Å². The van der Waals surface area contributed by atoms with Crippen molar-refractivity contribution in [3.8, 4) is 0 Å². The van der Waals surface area contributed by atoms with Gasteiger partial charge in [-0.2, -0.15) is 0 Å². The van der Waals surface area contributed by atoms with Crippen LogP contribution >= 0.6 is 0 Å². The molecule has 2 atom stereocenters. The highest BCUT2D eigenvalue weighted by Crippen LogP contribution is 2.24. The fraction of sp³-hybridized carbons (Fsp3) is 0.533. The maximum atomic E-state index is 13.5. The lowest BCUT2D eigenvalue weighted by Crippen LogP contribution is -2.51. The molecule has 0 radical (unpaired) electrons. The maximum Gasteiger partial charge on any atom is 0.322 e. The number of carbonyl (C=O) groups excluding carboxylic acids is 1. The molecule has 2 amide bonds. The number of hydrogen-bond donors (Lipinski definition) is 2. The van der Waals surface area contributed by atoms with Crippen LogP contribution in [0.25, 0.3) is 0 Å². The second-order valence-corrected chi connectivity index (χ2v) is 5.41. The quantitative estimate of drug-likeness (QED) is 0.875.